The first kappa shape index (κ1) is 20.1. The number of ether oxygens (including phenoxy) is 1. The summed E-state index contributed by atoms with van der Waals surface area (Å²) in [5.74, 6) is 1.67. The predicted octanol–water partition coefficient (Wildman–Crippen LogP) is 12.6. The summed E-state index contributed by atoms with van der Waals surface area (Å²) < 4.78 is 50.0. The Labute approximate surface area is 267 Å². The second-order valence-corrected chi connectivity index (χ2v) is 11.7. The lowest BCUT2D eigenvalue weighted by molar-refractivity contribution is 0.493. The lowest BCUT2D eigenvalue weighted by Gasteiger charge is -2.24. The Bertz CT molecular complexity index is 2940. The summed E-state index contributed by atoms with van der Waals surface area (Å²) in [4.78, 5) is 0. The molecule has 208 valence electrons. The summed E-state index contributed by atoms with van der Waals surface area (Å²) in [5, 5.41) is 9.96. The van der Waals surface area contributed by atoms with Crippen LogP contribution in [0.25, 0.3) is 87.2 Å². The fourth-order valence-corrected chi connectivity index (χ4v) is 7.29. The molecule has 0 unspecified atom stereocenters. The second-order valence-electron chi connectivity index (χ2n) is 11.7. The van der Waals surface area contributed by atoms with E-state index in [1.807, 2.05) is 42.5 Å². The number of benzene rings is 9. The zero-order valence-electron chi connectivity index (χ0n) is 29.0. The second kappa shape index (κ2) is 9.29. The van der Waals surface area contributed by atoms with Crippen molar-refractivity contribution in [1.82, 2.24) is 0 Å². The van der Waals surface area contributed by atoms with E-state index in [0.717, 1.165) is 87.6 Å². The molecule has 0 saturated carbocycles. The van der Waals surface area contributed by atoms with Crippen LogP contribution in [0, 0.1) is 0 Å². The standard InChI is InChI=1S/C44H26O/c1-2-11-29(12-3-1)42-37-21-19-27-9-4-6-13-32(27)40(37)26-31-18-17-30(25-39(31)42)33-23-24-41-43-35(33)15-8-16-36(43)38-22-20-28-10-5-7-14-34(28)44(38)45-41/h1-26H/i1D,2D,3D,11D,12D. The molecule has 0 radical (unpaired) electrons. The Morgan fingerprint density at radius 1 is 0.422 bits per heavy atom. The molecule has 9 aromatic carbocycles. The van der Waals surface area contributed by atoms with Crippen molar-refractivity contribution in [3.8, 4) is 44.9 Å². The van der Waals surface area contributed by atoms with Gasteiger partial charge in [-0.2, -0.15) is 0 Å². The highest BCUT2D eigenvalue weighted by Crippen LogP contribution is 2.51. The summed E-state index contributed by atoms with van der Waals surface area (Å²) in [5.41, 5.74) is 4.98. The Kier molecular flexibility index (Phi) is 4.15. The van der Waals surface area contributed by atoms with Gasteiger partial charge in [-0.25, -0.2) is 0 Å². The first-order valence-electron chi connectivity index (χ1n) is 17.6. The molecule has 1 heteroatoms. The summed E-state index contributed by atoms with van der Waals surface area (Å²) in [6.45, 7) is 0. The highest BCUT2D eigenvalue weighted by Gasteiger charge is 2.23. The molecule has 0 aliphatic carbocycles. The predicted molar refractivity (Wildman–Crippen MR) is 190 cm³/mol. The van der Waals surface area contributed by atoms with Crippen LogP contribution in [0.5, 0.6) is 11.5 Å². The fraction of sp³-hybridized carbons (Fsp3) is 0. The van der Waals surface area contributed by atoms with Crippen LogP contribution in [0.4, 0.5) is 0 Å². The smallest absolute Gasteiger partial charge is 0.143 e. The summed E-state index contributed by atoms with van der Waals surface area (Å²) in [6, 6.07) is 42.2. The average molecular weight is 576 g/mol. The van der Waals surface area contributed by atoms with Gasteiger partial charge in [0.2, 0.25) is 0 Å². The first-order valence-corrected chi connectivity index (χ1v) is 15.1. The lowest BCUT2D eigenvalue weighted by Crippen LogP contribution is -1.98. The van der Waals surface area contributed by atoms with Crippen molar-refractivity contribution in [1.29, 1.82) is 0 Å². The van der Waals surface area contributed by atoms with E-state index in [1.54, 1.807) is 0 Å². The van der Waals surface area contributed by atoms with Gasteiger partial charge in [0.15, 0.2) is 0 Å². The van der Waals surface area contributed by atoms with Crippen molar-refractivity contribution in [3.05, 3.63) is 158 Å². The van der Waals surface area contributed by atoms with E-state index < -0.39 is 6.04 Å². The Morgan fingerprint density at radius 3 is 2.04 bits per heavy atom. The van der Waals surface area contributed by atoms with Gasteiger partial charge >= 0.3 is 0 Å². The minimum absolute atomic E-state index is 0.202. The molecular weight excluding hydrogens is 544 g/mol. The molecule has 0 saturated heterocycles. The van der Waals surface area contributed by atoms with Crippen LogP contribution in [-0.4, -0.2) is 0 Å². The van der Waals surface area contributed by atoms with Crippen molar-refractivity contribution in [2.45, 2.75) is 0 Å². The molecule has 0 N–H and O–H groups in total. The molecule has 45 heavy (non-hydrogen) atoms. The molecule has 0 spiro atoms. The normalized spacial score (nSPS) is 13.7. The van der Waals surface area contributed by atoms with Crippen molar-refractivity contribution in [3.63, 3.8) is 0 Å². The third-order valence-electron chi connectivity index (χ3n) is 9.31. The van der Waals surface area contributed by atoms with Crippen LogP contribution < -0.4 is 4.74 Å². The molecular formula is C44H26O. The molecule has 1 aliphatic rings. The largest absolute Gasteiger partial charge is 0.455 e. The van der Waals surface area contributed by atoms with Crippen molar-refractivity contribution >= 4 is 53.9 Å². The van der Waals surface area contributed by atoms with Gasteiger partial charge < -0.3 is 4.74 Å². The quantitative estimate of drug-likeness (QED) is 0.147. The van der Waals surface area contributed by atoms with Crippen molar-refractivity contribution in [2.24, 2.45) is 0 Å². The molecule has 0 bridgehead atoms. The van der Waals surface area contributed by atoms with E-state index in [0.29, 0.717) is 5.56 Å². The number of fused-ring (bicyclic) bond motifs is 8. The van der Waals surface area contributed by atoms with Crippen LogP contribution >= 0.6 is 0 Å². The highest BCUT2D eigenvalue weighted by molar-refractivity contribution is 6.21. The van der Waals surface area contributed by atoms with E-state index >= 15 is 0 Å². The van der Waals surface area contributed by atoms with E-state index in [-0.39, 0.29) is 29.7 Å². The summed E-state index contributed by atoms with van der Waals surface area (Å²) >= 11 is 0. The number of hydrogen-bond acceptors (Lipinski definition) is 1. The number of rotatable bonds is 2. The maximum Gasteiger partial charge on any atom is 0.143 e. The van der Waals surface area contributed by atoms with Gasteiger partial charge in [0.05, 0.1) is 6.85 Å². The van der Waals surface area contributed by atoms with Crippen LogP contribution in [0.15, 0.2) is 158 Å². The molecule has 0 fully saturated rings. The van der Waals surface area contributed by atoms with E-state index in [2.05, 4.69) is 84.9 Å². The topological polar surface area (TPSA) is 9.23 Å². The van der Waals surface area contributed by atoms with Gasteiger partial charge in [0.25, 0.3) is 0 Å². The van der Waals surface area contributed by atoms with Crippen LogP contribution in [0.1, 0.15) is 6.85 Å². The van der Waals surface area contributed by atoms with Gasteiger partial charge in [-0.3, -0.25) is 0 Å². The molecule has 1 heterocycles. The fourth-order valence-electron chi connectivity index (χ4n) is 7.29. The van der Waals surface area contributed by atoms with Gasteiger partial charge in [-0.05, 0) is 95.2 Å². The summed E-state index contributed by atoms with van der Waals surface area (Å²) in [6.07, 6.45) is 0. The summed E-state index contributed by atoms with van der Waals surface area (Å²) in [7, 11) is 0. The molecule has 0 atom stereocenters. The van der Waals surface area contributed by atoms with Crippen molar-refractivity contribution in [2.75, 3.05) is 0 Å². The van der Waals surface area contributed by atoms with Crippen LogP contribution in [-0.2, 0) is 0 Å². The van der Waals surface area contributed by atoms with Crippen LogP contribution in [0.2, 0.25) is 0 Å². The molecule has 1 nitrogen and oxygen atoms in total. The minimum Gasteiger partial charge on any atom is -0.455 e. The first-order chi connectivity index (χ1) is 24.4. The molecule has 0 aromatic heterocycles. The van der Waals surface area contributed by atoms with Crippen LogP contribution in [0.3, 0.4) is 0 Å². The molecule has 9 aromatic rings. The Balaban J connectivity index is 1.27. The maximum atomic E-state index is 9.01. The third-order valence-corrected chi connectivity index (χ3v) is 9.31. The van der Waals surface area contributed by atoms with Gasteiger partial charge in [-0.15, -0.1) is 0 Å². The lowest BCUT2D eigenvalue weighted by atomic mass is 9.86. The van der Waals surface area contributed by atoms with Gasteiger partial charge in [0, 0.05) is 16.3 Å². The zero-order valence-corrected chi connectivity index (χ0v) is 24.0. The SMILES string of the molecule is [2H]c1c([2H])c([2H])c(-c2c3cc(-c4ccc5c6c(cccc46)-c4ccc6ccccc6c4O5)ccc3cc3c2ccc2ccccc23)c([2H])c1[2H]. The van der Waals surface area contributed by atoms with Gasteiger partial charge in [-0.1, -0.05) is 133 Å². The van der Waals surface area contributed by atoms with E-state index in [4.69, 9.17) is 11.6 Å². The van der Waals surface area contributed by atoms with E-state index in [9.17, 15) is 0 Å². The Morgan fingerprint density at radius 2 is 1.16 bits per heavy atom. The number of hydrogen-bond donors (Lipinski definition) is 0. The average Bonchev–Trinajstić information content (AvgIpc) is 3.16. The molecule has 1 aliphatic heterocycles. The molecule has 0 amide bonds. The minimum atomic E-state index is -0.403. The third kappa shape index (κ3) is 3.56. The molecule has 10 rings (SSSR count). The van der Waals surface area contributed by atoms with E-state index in [1.165, 1.54) is 0 Å². The maximum absolute atomic E-state index is 9.01. The zero-order chi connectivity index (χ0) is 33.8. The Hall–Kier alpha value is -5.92. The highest BCUT2D eigenvalue weighted by atomic mass is 16.5. The monoisotopic (exact) mass is 575 g/mol. The van der Waals surface area contributed by atoms with Gasteiger partial charge in [0.1, 0.15) is 11.5 Å². The van der Waals surface area contributed by atoms with Crippen molar-refractivity contribution < 1.29 is 11.6 Å².